The fourth-order valence-corrected chi connectivity index (χ4v) is 7.94. The number of ether oxygens (including phenoxy) is 2. The highest BCUT2D eigenvalue weighted by atomic mass is 32.2. The second-order valence-corrected chi connectivity index (χ2v) is 17.7. The predicted molar refractivity (Wildman–Crippen MR) is 221 cm³/mol. The molecule has 2 N–H and O–H groups in total. The second kappa shape index (κ2) is 24.1. The summed E-state index contributed by atoms with van der Waals surface area (Å²) < 4.78 is 288. The minimum Gasteiger partial charge on any atom is -0.429 e. The monoisotopic (exact) mass is 1090 g/mol. The minimum absolute atomic E-state index is 0.0379. The Bertz CT molecular complexity index is 2710. The molecule has 2 atom stereocenters. The van der Waals surface area contributed by atoms with Gasteiger partial charge in [-0.1, -0.05) is 39.5 Å². The molecule has 4 aromatic rings. The number of alkyl halides is 7. The number of hydrogen-bond acceptors (Lipinski definition) is 7. The van der Waals surface area contributed by atoms with E-state index in [2.05, 4.69) is 13.7 Å². The van der Waals surface area contributed by atoms with E-state index >= 15 is 0 Å². The van der Waals surface area contributed by atoms with Gasteiger partial charge in [0.05, 0.1) is 0 Å². The summed E-state index contributed by atoms with van der Waals surface area (Å²) in [6, 6.07) is 1.92. The van der Waals surface area contributed by atoms with E-state index in [0.717, 1.165) is 25.7 Å². The molecule has 2 aliphatic rings. The molecular weight excluding hydrogens is 1060 g/mol. The van der Waals surface area contributed by atoms with Crippen molar-refractivity contribution in [3.63, 3.8) is 0 Å². The van der Waals surface area contributed by atoms with Gasteiger partial charge in [0.1, 0.15) is 57.5 Å². The lowest BCUT2D eigenvalue weighted by molar-refractivity contribution is -0.190. The molecule has 2 aliphatic carbocycles. The summed E-state index contributed by atoms with van der Waals surface area (Å²) in [5.74, 6) is -22.8. The van der Waals surface area contributed by atoms with Crippen molar-refractivity contribution in [1.29, 1.82) is 0 Å². The third-order valence-electron chi connectivity index (χ3n) is 10.8. The van der Waals surface area contributed by atoms with Gasteiger partial charge < -0.3 is 23.7 Å². The molecule has 0 fully saturated rings. The quantitative estimate of drug-likeness (QED) is 0.0426. The van der Waals surface area contributed by atoms with Crippen LogP contribution >= 0.6 is 0 Å². The Labute approximate surface area is 403 Å². The summed E-state index contributed by atoms with van der Waals surface area (Å²) in [7, 11) is -8.08. The van der Waals surface area contributed by atoms with Crippen LogP contribution in [0.3, 0.4) is 0 Å². The Kier molecular flexibility index (Phi) is 19.8. The third-order valence-corrected chi connectivity index (χ3v) is 11.8. The first kappa shape index (κ1) is 59.9. The Morgan fingerprint density at radius 1 is 0.548 bits per heavy atom. The Hall–Kier alpha value is -5.64. The van der Waals surface area contributed by atoms with E-state index in [4.69, 9.17) is 10.0 Å². The van der Waals surface area contributed by atoms with Gasteiger partial charge in [0.2, 0.25) is 0 Å². The lowest BCUT2D eigenvalue weighted by Gasteiger charge is -2.24. The molecule has 0 aromatic heterocycles. The predicted octanol–water partition coefficient (Wildman–Crippen LogP) is 13.6. The van der Waals surface area contributed by atoms with Gasteiger partial charge in [-0.3, -0.25) is 0 Å². The van der Waals surface area contributed by atoms with Crippen molar-refractivity contribution in [2.45, 2.75) is 95.8 Å². The molecule has 0 saturated heterocycles. The Balaban J connectivity index is 0.000000247. The molecule has 7 nitrogen and oxygen atoms in total. The molecule has 0 heterocycles. The van der Waals surface area contributed by atoms with Crippen LogP contribution in [0, 0.1) is 70.0 Å². The fraction of sp³-hybridized carbons (Fsp3) is 0.378. The largest absolute Gasteiger partial charge is 0.534 e. The molecule has 4 aromatic carbocycles. The van der Waals surface area contributed by atoms with E-state index in [1.165, 1.54) is 0 Å². The lowest BCUT2D eigenvalue weighted by atomic mass is 9.79. The summed E-state index contributed by atoms with van der Waals surface area (Å²) >= 11 is 0. The maximum atomic E-state index is 14.5. The van der Waals surface area contributed by atoms with E-state index in [1.807, 2.05) is 13.8 Å². The molecule has 73 heavy (non-hydrogen) atoms. The zero-order valence-electron chi connectivity index (χ0n) is 37.4. The van der Waals surface area contributed by atoms with E-state index in [1.54, 1.807) is 0 Å². The molecule has 0 spiro atoms. The number of rotatable bonds is 14. The van der Waals surface area contributed by atoms with Crippen molar-refractivity contribution in [2.24, 2.45) is 11.8 Å². The number of hydrogen-bond donors (Lipinski definition) is 2. The molecule has 0 aliphatic heterocycles. The highest BCUT2D eigenvalue weighted by molar-refractivity contribution is 7.87. The normalized spacial score (nSPS) is 16.6. The van der Waals surface area contributed by atoms with E-state index < -0.39 is 139 Å². The smallest absolute Gasteiger partial charge is 0.429 e. The number of allylic oxidation sites excluding steroid dienone is 4. The average molecular weight is 1090 g/mol. The zero-order chi connectivity index (χ0) is 55.1. The van der Waals surface area contributed by atoms with Crippen LogP contribution in [0.15, 0.2) is 65.9 Å². The minimum atomic E-state index is -5.76. The van der Waals surface area contributed by atoms with Gasteiger partial charge in [-0.25, -0.2) is 52.7 Å². The van der Waals surface area contributed by atoms with Gasteiger partial charge >= 0.3 is 35.0 Å². The summed E-state index contributed by atoms with van der Waals surface area (Å²) in [4.78, 5) is 0. The van der Waals surface area contributed by atoms with E-state index in [-0.39, 0.29) is 85.1 Å². The SMILES string of the molecule is CCCC1CCC(OS(=O)(=O)C(F)(F)F)=C(F)C1.CCCC1CCC(c2cc(F)c(C(F)(F)Oc3cc(F)c(F)c(F)c3)c(F)c2)=C(F)C1.OB(O)c1cc(F)c(C(F)(F)Oc2cc(F)c(F)c(F)c2)c(F)c1. The van der Waals surface area contributed by atoms with Gasteiger partial charge in [0, 0.05) is 43.5 Å². The second-order valence-electron chi connectivity index (χ2n) is 16.2. The van der Waals surface area contributed by atoms with Crippen molar-refractivity contribution < 1.29 is 116 Å². The lowest BCUT2D eigenvalue weighted by Crippen LogP contribution is -2.33. The summed E-state index contributed by atoms with van der Waals surface area (Å²) in [6.07, 6.45) is -4.99. The standard InChI is InChI=1S/C22H18F8O.C13H6BF7O3.C10H14F4O3S/c1-2-3-11-4-5-14(15(23)6-11)12-7-16(24)20(17(25)8-12)22(29,30)31-13-9-18(26)21(28)19(27)10-13;15-7-1-5(14(22)23)2-8(16)11(7)13(20,21)24-6-3-9(17)12(19)10(18)4-6;1-2-3-7-4-5-9(8(11)6-7)17-18(15,16)10(12,13)14/h7-11H,2-6H2,1H3;1-4,22-23H;7H,2-6H2,1H3. The summed E-state index contributed by atoms with van der Waals surface area (Å²) in [6.45, 7) is 3.87. The van der Waals surface area contributed by atoms with Crippen molar-refractivity contribution in [3.8, 4) is 11.5 Å². The van der Waals surface area contributed by atoms with Crippen LogP contribution in [0.4, 0.5) is 83.4 Å². The van der Waals surface area contributed by atoms with E-state index in [0.29, 0.717) is 25.0 Å². The van der Waals surface area contributed by atoms with Crippen LogP contribution in [0.5, 0.6) is 11.5 Å². The van der Waals surface area contributed by atoms with Crippen molar-refractivity contribution in [1.82, 2.24) is 0 Å². The van der Waals surface area contributed by atoms with E-state index in [9.17, 15) is 91.8 Å². The van der Waals surface area contributed by atoms with Gasteiger partial charge in [-0.05, 0) is 72.0 Å². The molecule has 0 radical (unpaired) electrons. The maximum absolute atomic E-state index is 14.5. The van der Waals surface area contributed by atoms with Gasteiger partial charge in [0.25, 0.3) is 0 Å². The zero-order valence-corrected chi connectivity index (χ0v) is 38.3. The van der Waals surface area contributed by atoms with Gasteiger partial charge in [-0.2, -0.15) is 39.2 Å². The average Bonchev–Trinajstić information content (AvgIpc) is 3.25. The van der Waals surface area contributed by atoms with Gasteiger partial charge in [-0.15, -0.1) is 0 Å². The van der Waals surface area contributed by atoms with Crippen molar-refractivity contribution in [2.75, 3.05) is 0 Å². The maximum Gasteiger partial charge on any atom is 0.534 e. The highest BCUT2D eigenvalue weighted by Crippen LogP contribution is 2.42. The Morgan fingerprint density at radius 2 is 0.918 bits per heavy atom. The molecule has 0 bridgehead atoms. The Morgan fingerprint density at radius 3 is 1.26 bits per heavy atom. The molecule has 0 saturated carbocycles. The highest BCUT2D eigenvalue weighted by Gasteiger charge is 2.49. The molecule has 402 valence electrons. The first-order chi connectivity index (χ1) is 33.7. The van der Waals surface area contributed by atoms with Crippen molar-refractivity contribution in [3.05, 3.63) is 141 Å². The molecule has 2 unspecified atom stereocenters. The van der Waals surface area contributed by atoms with Crippen LogP contribution in [0.1, 0.15) is 94.7 Å². The first-order valence-corrected chi connectivity index (χ1v) is 22.7. The summed E-state index contributed by atoms with van der Waals surface area (Å²) in [5, 5.41) is 17.5. The molecule has 6 rings (SSSR count). The topological polar surface area (TPSA) is 102 Å². The van der Waals surface area contributed by atoms with Crippen LogP contribution in [0.25, 0.3) is 5.57 Å². The number of halogens is 19. The van der Waals surface area contributed by atoms with Crippen LogP contribution in [-0.4, -0.2) is 31.1 Å². The third kappa shape index (κ3) is 15.2. The molecular formula is C45H38BF19O7S. The summed E-state index contributed by atoms with van der Waals surface area (Å²) in [5.41, 5.74) is -10.2. The van der Waals surface area contributed by atoms with Crippen LogP contribution in [0.2, 0.25) is 0 Å². The number of benzene rings is 4. The van der Waals surface area contributed by atoms with Crippen LogP contribution < -0.4 is 14.9 Å². The van der Waals surface area contributed by atoms with Gasteiger partial charge in [0.15, 0.2) is 40.7 Å². The van der Waals surface area contributed by atoms with Crippen LogP contribution in [-0.2, 0) is 26.5 Å². The molecule has 0 amide bonds. The van der Waals surface area contributed by atoms with Crippen molar-refractivity contribution >= 4 is 28.3 Å². The molecule has 28 heteroatoms. The fourth-order valence-electron chi connectivity index (χ4n) is 7.41. The first-order valence-electron chi connectivity index (χ1n) is 21.3.